The minimum absolute atomic E-state index is 0.0199. The fourth-order valence-corrected chi connectivity index (χ4v) is 4.05. The van der Waals surface area contributed by atoms with E-state index in [1.807, 2.05) is 46.8 Å². The maximum atomic E-state index is 12.9. The predicted octanol–water partition coefficient (Wildman–Crippen LogP) is 3.50. The van der Waals surface area contributed by atoms with E-state index in [-0.39, 0.29) is 30.3 Å². The average molecular weight is 343 g/mol. The number of rotatable bonds is 6. The van der Waals surface area contributed by atoms with Gasteiger partial charge < -0.3 is 4.90 Å². The number of ketones is 2. The van der Waals surface area contributed by atoms with E-state index in [4.69, 9.17) is 0 Å². The molecular formula is C21H29NO3. The molecule has 0 aromatic heterocycles. The fraction of sp³-hybridized carbons (Fsp3) is 0.571. The maximum absolute atomic E-state index is 12.9. The Morgan fingerprint density at radius 3 is 2.24 bits per heavy atom. The summed E-state index contributed by atoms with van der Waals surface area (Å²) in [7, 11) is 0. The topological polar surface area (TPSA) is 54.5 Å². The molecule has 0 spiro atoms. The van der Waals surface area contributed by atoms with Gasteiger partial charge in [-0.3, -0.25) is 14.4 Å². The summed E-state index contributed by atoms with van der Waals surface area (Å²) in [6.45, 7) is 11.2. The molecule has 4 heteroatoms. The van der Waals surface area contributed by atoms with Crippen molar-refractivity contribution in [3.05, 3.63) is 34.4 Å². The number of Topliss-reactive ketones (excluding diaryl/α,β-unsaturated/α-hetero) is 2. The second-order valence-electron chi connectivity index (χ2n) is 7.19. The number of amides is 1. The van der Waals surface area contributed by atoms with Gasteiger partial charge in [-0.1, -0.05) is 24.6 Å². The van der Waals surface area contributed by atoms with Crippen molar-refractivity contribution in [1.29, 1.82) is 0 Å². The molecule has 4 nitrogen and oxygen atoms in total. The molecular weight excluding hydrogens is 314 g/mol. The van der Waals surface area contributed by atoms with E-state index in [2.05, 4.69) is 0 Å². The van der Waals surface area contributed by atoms with Gasteiger partial charge in [-0.25, -0.2) is 0 Å². The molecule has 1 aromatic rings. The number of benzene rings is 1. The van der Waals surface area contributed by atoms with Gasteiger partial charge in [-0.15, -0.1) is 0 Å². The van der Waals surface area contributed by atoms with Crippen LogP contribution in [0, 0.1) is 26.7 Å². The van der Waals surface area contributed by atoms with Gasteiger partial charge in [0.05, 0.1) is 0 Å². The first-order chi connectivity index (χ1) is 11.8. The normalized spacial score (nSPS) is 20.2. The number of carbonyl (C=O) groups excluding carboxylic acids is 3. The molecule has 1 amide bonds. The van der Waals surface area contributed by atoms with E-state index in [1.165, 1.54) is 0 Å². The number of hydrogen-bond acceptors (Lipinski definition) is 3. The summed E-state index contributed by atoms with van der Waals surface area (Å²) in [6.07, 6.45) is 1.23. The van der Waals surface area contributed by atoms with Crippen molar-refractivity contribution in [2.75, 3.05) is 13.1 Å². The molecule has 2 rings (SSSR count). The average Bonchev–Trinajstić information content (AvgIpc) is 2.79. The molecule has 0 aliphatic heterocycles. The molecule has 1 aromatic carbocycles. The van der Waals surface area contributed by atoms with E-state index in [1.54, 1.807) is 4.90 Å². The van der Waals surface area contributed by atoms with Crippen molar-refractivity contribution >= 4 is 17.5 Å². The number of nitrogens with zero attached hydrogens (tertiary/aromatic N) is 1. The first-order valence-corrected chi connectivity index (χ1v) is 9.22. The summed E-state index contributed by atoms with van der Waals surface area (Å²) in [5, 5.41) is 0. The minimum Gasteiger partial charge on any atom is -0.343 e. The van der Waals surface area contributed by atoms with Crippen LogP contribution in [0.25, 0.3) is 0 Å². The van der Waals surface area contributed by atoms with Crippen LogP contribution >= 0.6 is 0 Å². The molecule has 1 fully saturated rings. The van der Waals surface area contributed by atoms with Crippen molar-refractivity contribution in [3.8, 4) is 0 Å². The molecule has 2 atom stereocenters. The van der Waals surface area contributed by atoms with Crippen LogP contribution in [-0.2, 0) is 14.4 Å². The molecule has 0 saturated heterocycles. The quantitative estimate of drug-likeness (QED) is 0.743. The van der Waals surface area contributed by atoms with Gasteiger partial charge in [0, 0.05) is 31.8 Å². The van der Waals surface area contributed by atoms with Crippen LogP contribution in [0.5, 0.6) is 0 Å². The molecule has 0 heterocycles. The summed E-state index contributed by atoms with van der Waals surface area (Å²) in [4.78, 5) is 39.7. The minimum atomic E-state index is -0.695. The zero-order valence-electron chi connectivity index (χ0n) is 16.0. The number of hydrogen-bond donors (Lipinski definition) is 0. The van der Waals surface area contributed by atoms with Crippen LogP contribution in [0.3, 0.4) is 0 Å². The summed E-state index contributed by atoms with van der Waals surface area (Å²) in [5.74, 6) is -1.32. The highest BCUT2D eigenvalue weighted by molar-refractivity contribution is 6.15. The van der Waals surface area contributed by atoms with E-state index in [0.29, 0.717) is 13.1 Å². The maximum Gasteiger partial charge on any atom is 0.223 e. The zero-order chi connectivity index (χ0) is 18.7. The molecule has 0 N–H and O–H groups in total. The lowest BCUT2D eigenvalue weighted by Gasteiger charge is -2.21. The van der Waals surface area contributed by atoms with Crippen molar-refractivity contribution in [2.24, 2.45) is 5.92 Å². The van der Waals surface area contributed by atoms with Gasteiger partial charge >= 0.3 is 0 Å². The van der Waals surface area contributed by atoms with Gasteiger partial charge in [0.25, 0.3) is 0 Å². The summed E-state index contributed by atoms with van der Waals surface area (Å²) in [6, 6.07) is 4.03. The summed E-state index contributed by atoms with van der Waals surface area (Å²) < 4.78 is 0. The van der Waals surface area contributed by atoms with Crippen molar-refractivity contribution in [3.63, 3.8) is 0 Å². The van der Waals surface area contributed by atoms with Gasteiger partial charge in [-0.05, 0) is 50.8 Å². The molecule has 0 bridgehead atoms. The van der Waals surface area contributed by atoms with Crippen molar-refractivity contribution in [1.82, 2.24) is 4.90 Å². The Hall–Kier alpha value is -1.97. The van der Waals surface area contributed by atoms with Gasteiger partial charge in [0.2, 0.25) is 5.91 Å². The zero-order valence-corrected chi connectivity index (χ0v) is 16.0. The van der Waals surface area contributed by atoms with E-state index in [9.17, 15) is 14.4 Å². The van der Waals surface area contributed by atoms with Gasteiger partial charge in [0.15, 0.2) is 5.78 Å². The Kier molecular flexibility index (Phi) is 6.15. The standard InChI is InChI=1S/C21H29NO3/c1-6-8-22(7-2)18(24)12-16-11-17(23)20(21(16)25)19-14(4)9-13(3)10-15(19)5/h9-10,16,20H,6-8,11-12H2,1-5H3. The van der Waals surface area contributed by atoms with E-state index >= 15 is 0 Å². The monoisotopic (exact) mass is 343 g/mol. The molecule has 25 heavy (non-hydrogen) atoms. The molecule has 1 aliphatic rings. The van der Waals surface area contributed by atoms with E-state index in [0.717, 1.165) is 28.7 Å². The Morgan fingerprint density at radius 1 is 1.12 bits per heavy atom. The highest BCUT2D eigenvalue weighted by atomic mass is 16.2. The van der Waals surface area contributed by atoms with Crippen LogP contribution < -0.4 is 0 Å². The number of carbonyl (C=O) groups is 3. The largest absolute Gasteiger partial charge is 0.343 e. The fourth-order valence-electron chi connectivity index (χ4n) is 4.05. The SMILES string of the molecule is CCCN(CC)C(=O)CC1CC(=O)C(c2c(C)cc(C)cc2C)C1=O. The predicted molar refractivity (Wildman–Crippen MR) is 98.7 cm³/mol. The lowest BCUT2D eigenvalue weighted by Crippen LogP contribution is -2.33. The molecule has 2 unspecified atom stereocenters. The number of aryl methyl sites for hydroxylation is 3. The molecule has 136 valence electrons. The smallest absolute Gasteiger partial charge is 0.223 e. The Morgan fingerprint density at radius 2 is 1.72 bits per heavy atom. The Labute approximate surface area is 150 Å². The highest BCUT2D eigenvalue weighted by Gasteiger charge is 2.44. The molecule has 0 radical (unpaired) electrons. The third kappa shape index (κ3) is 4.00. The van der Waals surface area contributed by atoms with Crippen LogP contribution in [0.2, 0.25) is 0 Å². The van der Waals surface area contributed by atoms with Gasteiger partial charge in [-0.2, -0.15) is 0 Å². The highest BCUT2D eigenvalue weighted by Crippen LogP contribution is 2.37. The Balaban J connectivity index is 2.22. The Bertz CT molecular complexity index is 669. The third-order valence-electron chi connectivity index (χ3n) is 5.13. The van der Waals surface area contributed by atoms with Crippen LogP contribution in [0.4, 0.5) is 0 Å². The second-order valence-corrected chi connectivity index (χ2v) is 7.19. The van der Waals surface area contributed by atoms with E-state index < -0.39 is 11.8 Å². The summed E-state index contributed by atoms with van der Waals surface area (Å²) in [5.41, 5.74) is 3.94. The third-order valence-corrected chi connectivity index (χ3v) is 5.13. The summed E-state index contributed by atoms with van der Waals surface area (Å²) >= 11 is 0. The second kappa shape index (κ2) is 7.94. The van der Waals surface area contributed by atoms with Crippen LogP contribution in [0.15, 0.2) is 12.1 Å². The van der Waals surface area contributed by atoms with Crippen molar-refractivity contribution < 1.29 is 14.4 Å². The van der Waals surface area contributed by atoms with Crippen molar-refractivity contribution in [2.45, 2.75) is 59.8 Å². The molecule has 1 aliphatic carbocycles. The van der Waals surface area contributed by atoms with Gasteiger partial charge in [0.1, 0.15) is 11.7 Å². The molecule has 1 saturated carbocycles. The lowest BCUT2D eigenvalue weighted by molar-refractivity contribution is -0.135. The van der Waals surface area contributed by atoms with Crippen LogP contribution in [-0.4, -0.2) is 35.5 Å². The first kappa shape index (κ1) is 19.4. The first-order valence-electron chi connectivity index (χ1n) is 9.22. The lowest BCUT2D eigenvalue weighted by atomic mass is 9.86. The van der Waals surface area contributed by atoms with Crippen LogP contribution in [0.1, 0.15) is 61.3 Å².